The molecule has 1 atom stereocenters. The minimum absolute atomic E-state index is 0.0316. The van der Waals surface area contributed by atoms with E-state index in [2.05, 4.69) is 62.0 Å². The summed E-state index contributed by atoms with van der Waals surface area (Å²) in [4.78, 5) is 13.6. The van der Waals surface area contributed by atoms with Crippen molar-refractivity contribution >= 4 is 29.1 Å². The molecular formula is C24H23NO2S. The summed E-state index contributed by atoms with van der Waals surface area (Å²) in [6.07, 6.45) is 7.13. The first-order valence-corrected chi connectivity index (χ1v) is 9.79. The van der Waals surface area contributed by atoms with E-state index in [9.17, 15) is 4.79 Å². The van der Waals surface area contributed by atoms with Crippen molar-refractivity contribution in [2.75, 3.05) is 7.11 Å². The van der Waals surface area contributed by atoms with Crippen LogP contribution in [-0.4, -0.2) is 17.3 Å². The van der Waals surface area contributed by atoms with Crippen molar-refractivity contribution in [3.8, 4) is 0 Å². The minimum atomic E-state index is -0.578. The van der Waals surface area contributed by atoms with E-state index in [1.165, 1.54) is 5.56 Å². The molecule has 2 aromatic carbocycles. The van der Waals surface area contributed by atoms with E-state index in [-0.39, 0.29) is 5.56 Å². The molecule has 1 heterocycles. The molecule has 4 rings (SSSR count). The predicted molar refractivity (Wildman–Crippen MR) is 118 cm³/mol. The van der Waals surface area contributed by atoms with E-state index in [0.717, 1.165) is 26.9 Å². The molecule has 3 nitrogen and oxygen atoms in total. The Morgan fingerprint density at radius 1 is 1.14 bits per heavy atom. The van der Waals surface area contributed by atoms with Gasteiger partial charge in [0, 0.05) is 24.5 Å². The molecule has 4 heteroatoms. The first-order valence-electron chi connectivity index (χ1n) is 9.34. The highest BCUT2D eigenvalue weighted by Gasteiger charge is 2.30. The number of aryl methyl sites for hydroxylation is 1. The number of benzene rings is 2. The number of ether oxygens (including phenoxy) is 1. The highest BCUT2D eigenvalue weighted by molar-refractivity contribution is 7.80. The lowest BCUT2D eigenvalue weighted by atomic mass is 9.87. The fraction of sp³-hybridized carbons (Fsp3) is 0.208. The van der Waals surface area contributed by atoms with Crippen LogP contribution in [0.25, 0.3) is 16.5 Å². The standard InChI is InChI=1S/C24H23NO2S/c1-17-5-3-6-18(13-17)20-7-4-12-24(15-20,27-2)16-25-22-10-9-21(28)14-19(22)8-11-23(25)26/h3-11,13-15,28H,12,16H2,1-2H3. The van der Waals surface area contributed by atoms with Crippen molar-refractivity contribution in [2.45, 2.75) is 30.4 Å². The Bertz CT molecular complexity index is 1160. The summed E-state index contributed by atoms with van der Waals surface area (Å²) in [6.45, 7) is 2.54. The number of pyridine rings is 1. The first kappa shape index (κ1) is 18.8. The lowest BCUT2D eigenvalue weighted by Gasteiger charge is -2.32. The molecule has 0 aliphatic heterocycles. The van der Waals surface area contributed by atoms with Crippen LogP contribution in [-0.2, 0) is 11.3 Å². The van der Waals surface area contributed by atoms with Gasteiger partial charge in [-0.1, -0.05) is 42.0 Å². The zero-order valence-corrected chi connectivity index (χ0v) is 16.9. The molecule has 1 aliphatic rings. The van der Waals surface area contributed by atoms with Crippen LogP contribution in [0.1, 0.15) is 17.5 Å². The topological polar surface area (TPSA) is 31.2 Å². The molecule has 0 saturated carbocycles. The second-order valence-corrected chi connectivity index (χ2v) is 7.86. The van der Waals surface area contributed by atoms with E-state index in [1.807, 2.05) is 24.3 Å². The van der Waals surface area contributed by atoms with Gasteiger partial charge in [0.05, 0.1) is 12.1 Å². The smallest absolute Gasteiger partial charge is 0.251 e. The molecule has 0 radical (unpaired) electrons. The maximum absolute atomic E-state index is 12.7. The van der Waals surface area contributed by atoms with Crippen LogP contribution in [0.2, 0.25) is 0 Å². The van der Waals surface area contributed by atoms with Gasteiger partial charge in [-0.25, -0.2) is 0 Å². The summed E-state index contributed by atoms with van der Waals surface area (Å²) < 4.78 is 7.79. The maximum Gasteiger partial charge on any atom is 0.251 e. The summed E-state index contributed by atoms with van der Waals surface area (Å²) in [6, 6.07) is 17.7. The molecule has 142 valence electrons. The van der Waals surface area contributed by atoms with E-state index in [0.29, 0.717) is 13.0 Å². The highest BCUT2D eigenvalue weighted by atomic mass is 32.1. The van der Waals surface area contributed by atoms with E-state index in [4.69, 9.17) is 4.74 Å². The largest absolute Gasteiger partial charge is 0.372 e. The molecule has 0 N–H and O–H groups in total. The van der Waals surface area contributed by atoms with Crippen LogP contribution < -0.4 is 5.56 Å². The van der Waals surface area contributed by atoms with Crippen molar-refractivity contribution in [2.24, 2.45) is 0 Å². The second kappa shape index (κ2) is 7.46. The maximum atomic E-state index is 12.7. The summed E-state index contributed by atoms with van der Waals surface area (Å²) >= 11 is 4.42. The van der Waals surface area contributed by atoms with E-state index >= 15 is 0 Å². The minimum Gasteiger partial charge on any atom is -0.372 e. The Kier molecular flexibility index (Phi) is 5.00. The molecule has 0 amide bonds. The molecular weight excluding hydrogens is 366 g/mol. The molecule has 0 saturated heterocycles. The van der Waals surface area contributed by atoms with Crippen molar-refractivity contribution in [1.29, 1.82) is 0 Å². The molecule has 3 aromatic rings. The third-order valence-corrected chi connectivity index (χ3v) is 5.61. The Morgan fingerprint density at radius 2 is 2.00 bits per heavy atom. The molecule has 0 fully saturated rings. The lowest BCUT2D eigenvalue weighted by Crippen LogP contribution is -2.39. The summed E-state index contributed by atoms with van der Waals surface area (Å²) in [5.74, 6) is 0. The average molecular weight is 390 g/mol. The fourth-order valence-electron chi connectivity index (χ4n) is 3.82. The van der Waals surface area contributed by atoms with Gasteiger partial charge >= 0.3 is 0 Å². The normalized spacial score (nSPS) is 19.0. The molecule has 1 unspecified atom stereocenters. The van der Waals surface area contributed by atoms with Gasteiger partial charge in [-0.05, 0) is 53.8 Å². The Morgan fingerprint density at radius 3 is 2.79 bits per heavy atom. The predicted octanol–water partition coefficient (Wildman–Crippen LogP) is 5.03. The van der Waals surface area contributed by atoms with Crippen LogP contribution in [0.5, 0.6) is 0 Å². The summed E-state index contributed by atoms with van der Waals surface area (Å²) in [7, 11) is 1.71. The summed E-state index contributed by atoms with van der Waals surface area (Å²) in [5, 5.41) is 0.993. The number of allylic oxidation sites excluding steroid dienone is 2. The van der Waals surface area contributed by atoms with Gasteiger partial charge < -0.3 is 9.30 Å². The molecule has 1 aliphatic carbocycles. The third kappa shape index (κ3) is 3.58. The monoisotopic (exact) mass is 389 g/mol. The van der Waals surface area contributed by atoms with Crippen molar-refractivity contribution < 1.29 is 4.74 Å². The Balaban J connectivity index is 1.79. The number of rotatable bonds is 4. The van der Waals surface area contributed by atoms with Gasteiger partial charge in [0.25, 0.3) is 5.56 Å². The molecule has 1 aromatic heterocycles. The van der Waals surface area contributed by atoms with Gasteiger partial charge in [-0.3, -0.25) is 4.79 Å². The molecule has 0 bridgehead atoms. The number of methoxy groups -OCH3 is 1. The Labute approximate surface area is 170 Å². The number of thiol groups is 1. The highest BCUT2D eigenvalue weighted by Crippen LogP contribution is 2.32. The number of hydrogen-bond donors (Lipinski definition) is 1. The third-order valence-electron chi connectivity index (χ3n) is 5.34. The van der Waals surface area contributed by atoms with Gasteiger partial charge in [-0.15, -0.1) is 12.6 Å². The SMILES string of the molecule is COC1(Cn2c(=O)ccc3cc(S)ccc32)C=C(c2cccc(C)c2)C=CC1. The van der Waals surface area contributed by atoms with Crippen LogP contribution in [0.15, 0.2) is 82.5 Å². The lowest BCUT2D eigenvalue weighted by molar-refractivity contribution is 0.0200. The first-order chi connectivity index (χ1) is 13.5. The van der Waals surface area contributed by atoms with Gasteiger partial charge in [0.2, 0.25) is 0 Å². The summed E-state index contributed by atoms with van der Waals surface area (Å²) in [5.41, 5.74) is 3.77. The number of aromatic nitrogens is 1. The van der Waals surface area contributed by atoms with Crippen LogP contribution in [0.4, 0.5) is 0 Å². The Hall–Kier alpha value is -2.56. The van der Waals surface area contributed by atoms with Gasteiger partial charge in [0.15, 0.2) is 0 Å². The number of nitrogens with zero attached hydrogens (tertiary/aromatic N) is 1. The number of fused-ring (bicyclic) bond motifs is 1. The van der Waals surface area contributed by atoms with E-state index < -0.39 is 5.60 Å². The van der Waals surface area contributed by atoms with E-state index in [1.54, 1.807) is 17.7 Å². The van der Waals surface area contributed by atoms with Crippen LogP contribution in [0, 0.1) is 6.92 Å². The van der Waals surface area contributed by atoms with Crippen molar-refractivity contribution in [3.63, 3.8) is 0 Å². The zero-order valence-electron chi connectivity index (χ0n) is 16.1. The van der Waals surface area contributed by atoms with Crippen LogP contribution >= 0.6 is 12.6 Å². The quantitative estimate of drug-likeness (QED) is 0.635. The van der Waals surface area contributed by atoms with Gasteiger partial charge in [-0.2, -0.15) is 0 Å². The van der Waals surface area contributed by atoms with Crippen molar-refractivity contribution in [1.82, 2.24) is 4.57 Å². The number of hydrogen-bond acceptors (Lipinski definition) is 3. The zero-order chi connectivity index (χ0) is 19.7. The average Bonchev–Trinajstić information content (AvgIpc) is 2.70. The molecule has 0 spiro atoms. The van der Waals surface area contributed by atoms with Crippen LogP contribution in [0.3, 0.4) is 0 Å². The van der Waals surface area contributed by atoms with Gasteiger partial charge in [0.1, 0.15) is 5.60 Å². The second-order valence-electron chi connectivity index (χ2n) is 7.35. The molecule has 28 heavy (non-hydrogen) atoms. The fourth-order valence-corrected chi connectivity index (χ4v) is 4.03. The van der Waals surface area contributed by atoms with Crippen molar-refractivity contribution in [3.05, 3.63) is 94.3 Å².